The van der Waals surface area contributed by atoms with Crippen molar-refractivity contribution >= 4 is 32.8 Å². The maximum atomic E-state index is 13.4. The molecule has 31 heavy (non-hydrogen) atoms. The summed E-state index contributed by atoms with van der Waals surface area (Å²) in [5.41, 5.74) is 0.621. The van der Waals surface area contributed by atoms with Crippen molar-refractivity contribution in [2.75, 3.05) is 11.5 Å². The van der Waals surface area contributed by atoms with Crippen molar-refractivity contribution < 1.29 is 17.0 Å². The third-order valence-electron chi connectivity index (χ3n) is 4.36. The first-order valence-corrected chi connectivity index (χ1v) is 11.9. The van der Waals surface area contributed by atoms with Gasteiger partial charge in [0.05, 0.1) is 22.3 Å². The zero-order valence-electron chi connectivity index (χ0n) is 16.1. The van der Waals surface area contributed by atoms with Crippen LogP contribution < -0.4 is 9.74 Å². The van der Waals surface area contributed by atoms with E-state index in [0.29, 0.717) is 21.7 Å². The van der Waals surface area contributed by atoms with Gasteiger partial charge in [-0.1, -0.05) is 42.1 Å². The maximum Gasteiger partial charge on any atom is 0.310 e. The lowest BCUT2D eigenvalue weighted by Gasteiger charge is -2.13. The highest BCUT2D eigenvalue weighted by Crippen LogP contribution is 2.22. The Morgan fingerprint density at radius 2 is 1.61 bits per heavy atom. The molecule has 4 rings (SSSR count). The highest BCUT2D eigenvalue weighted by atomic mass is 32.2. The van der Waals surface area contributed by atoms with E-state index < -0.39 is 15.9 Å². The summed E-state index contributed by atoms with van der Waals surface area (Å²) in [4.78, 5) is 17.6. The van der Waals surface area contributed by atoms with Crippen molar-refractivity contribution in [3.8, 4) is 11.4 Å². The van der Waals surface area contributed by atoms with Gasteiger partial charge >= 0.3 is 10.1 Å². The van der Waals surface area contributed by atoms with Crippen LogP contribution in [-0.2, 0) is 10.1 Å². The zero-order valence-corrected chi connectivity index (χ0v) is 17.8. The summed E-state index contributed by atoms with van der Waals surface area (Å²) in [5.74, 6) is -0.358. The van der Waals surface area contributed by atoms with Crippen molar-refractivity contribution in [2.45, 2.75) is 5.16 Å². The molecule has 0 spiro atoms. The Hall–Kier alpha value is -3.17. The molecule has 158 valence electrons. The number of hydrogen-bond donors (Lipinski definition) is 0. The van der Waals surface area contributed by atoms with Crippen LogP contribution in [0.5, 0.6) is 5.75 Å². The first-order chi connectivity index (χ1) is 14.9. The van der Waals surface area contributed by atoms with E-state index in [2.05, 4.69) is 4.98 Å². The van der Waals surface area contributed by atoms with Crippen LogP contribution in [0.2, 0.25) is 0 Å². The van der Waals surface area contributed by atoms with Crippen LogP contribution in [0.25, 0.3) is 16.6 Å². The molecule has 0 atom stereocenters. The molecular weight excluding hydrogens is 439 g/mol. The van der Waals surface area contributed by atoms with E-state index in [-0.39, 0.29) is 22.8 Å². The molecule has 3 aromatic carbocycles. The van der Waals surface area contributed by atoms with Crippen LogP contribution in [-0.4, -0.2) is 29.5 Å². The molecule has 0 amide bonds. The minimum atomic E-state index is -3.83. The second-order valence-electron chi connectivity index (χ2n) is 6.54. The predicted octanol–water partition coefficient (Wildman–Crippen LogP) is 4.03. The first-order valence-electron chi connectivity index (χ1n) is 9.31. The summed E-state index contributed by atoms with van der Waals surface area (Å²) >= 11 is 1.11. The van der Waals surface area contributed by atoms with E-state index in [0.717, 1.165) is 11.8 Å². The molecule has 6 nitrogen and oxygen atoms in total. The second kappa shape index (κ2) is 8.91. The summed E-state index contributed by atoms with van der Waals surface area (Å²) in [7, 11) is -3.83. The van der Waals surface area contributed by atoms with Crippen molar-refractivity contribution in [1.29, 1.82) is 0 Å². The number of hydrogen-bond acceptors (Lipinski definition) is 6. The Morgan fingerprint density at radius 3 is 2.35 bits per heavy atom. The Bertz CT molecular complexity index is 1370. The van der Waals surface area contributed by atoms with Crippen LogP contribution in [0.15, 0.2) is 88.8 Å². The summed E-state index contributed by atoms with van der Waals surface area (Å²) in [6.45, 7) is 0. The van der Waals surface area contributed by atoms with E-state index in [1.54, 1.807) is 54.6 Å². The molecule has 0 aliphatic rings. The van der Waals surface area contributed by atoms with Gasteiger partial charge in [-0.2, -0.15) is 8.42 Å². The fraction of sp³-hybridized carbons (Fsp3) is 0.0909. The lowest BCUT2D eigenvalue weighted by Crippen LogP contribution is -2.22. The van der Waals surface area contributed by atoms with E-state index >= 15 is 0 Å². The second-order valence-corrected chi connectivity index (χ2v) is 9.29. The molecule has 0 aliphatic carbocycles. The summed E-state index contributed by atoms with van der Waals surface area (Å²) < 4.78 is 44.4. The Balaban J connectivity index is 1.63. The fourth-order valence-corrected chi connectivity index (χ4v) is 5.23. The van der Waals surface area contributed by atoms with Gasteiger partial charge in [0.2, 0.25) is 0 Å². The average Bonchev–Trinajstić information content (AvgIpc) is 2.75. The molecule has 0 saturated carbocycles. The number of aromatic nitrogens is 2. The molecule has 0 unspecified atom stereocenters. The van der Waals surface area contributed by atoms with Gasteiger partial charge in [-0.05, 0) is 48.5 Å². The lowest BCUT2D eigenvalue weighted by atomic mass is 10.2. The number of benzene rings is 3. The molecule has 0 bridgehead atoms. The van der Waals surface area contributed by atoms with E-state index in [9.17, 15) is 17.6 Å². The van der Waals surface area contributed by atoms with Gasteiger partial charge in [0.1, 0.15) is 11.6 Å². The molecule has 0 N–H and O–H groups in total. The molecule has 0 saturated heterocycles. The molecule has 0 aliphatic heterocycles. The summed E-state index contributed by atoms with van der Waals surface area (Å²) in [5, 5.41) is 0.724. The highest BCUT2D eigenvalue weighted by Gasteiger charge is 2.17. The molecule has 0 fully saturated rings. The molecule has 1 heterocycles. The number of halogens is 1. The topological polar surface area (TPSA) is 78.3 Å². The van der Waals surface area contributed by atoms with Gasteiger partial charge in [0.25, 0.3) is 5.56 Å². The van der Waals surface area contributed by atoms with Crippen molar-refractivity contribution in [1.82, 2.24) is 9.55 Å². The van der Waals surface area contributed by atoms with Crippen LogP contribution in [0.3, 0.4) is 0 Å². The lowest BCUT2D eigenvalue weighted by molar-refractivity contribution is 0.488. The number of thioether (sulfide) groups is 1. The van der Waals surface area contributed by atoms with Crippen LogP contribution in [0.1, 0.15) is 0 Å². The van der Waals surface area contributed by atoms with Gasteiger partial charge < -0.3 is 4.18 Å². The van der Waals surface area contributed by atoms with E-state index in [1.807, 2.05) is 0 Å². The van der Waals surface area contributed by atoms with Gasteiger partial charge in [-0.3, -0.25) is 9.36 Å². The number of para-hydroxylation sites is 2. The first kappa shape index (κ1) is 21.1. The normalized spacial score (nSPS) is 11.5. The van der Waals surface area contributed by atoms with Crippen molar-refractivity contribution in [3.05, 3.63) is 95.0 Å². The maximum absolute atomic E-state index is 13.4. The predicted molar refractivity (Wildman–Crippen MR) is 119 cm³/mol. The standard InChI is InChI=1S/C22H17FN2O4S2/c23-16-10-12-17(13-11-16)25-21(26)19-8-4-5-9-20(19)24-22(25)30-14-15-31(27,28)29-18-6-2-1-3-7-18/h1-13H,14-15H2. The average molecular weight is 457 g/mol. The minimum absolute atomic E-state index is 0.112. The molecule has 0 radical (unpaired) electrons. The Labute approximate surface area is 182 Å². The van der Waals surface area contributed by atoms with Gasteiger partial charge in [-0.25, -0.2) is 9.37 Å². The third-order valence-corrected chi connectivity index (χ3v) is 6.71. The van der Waals surface area contributed by atoms with Gasteiger partial charge in [-0.15, -0.1) is 0 Å². The quantitative estimate of drug-likeness (QED) is 0.237. The van der Waals surface area contributed by atoms with E-state index in [4.69, 9.17) is 4.18 Å². The summed E-state index contributed by atoms with van der Waals surface area (Å²) in [6, 6.07) is 20.6. The minimum Gasteiger partial charge on any atom is -0.382 e. The van der Waals surface area contributed by atoms with Crippen LogP contribution in [0.4, 0.5) is 4.39 Å². The highest BCUT2D eigenvalue weighted by molar-refractivity contribution is 8.00. The fourth-order valence-electron chi connectivity index (χ4n) is 2.93. The SMILES string of the molecule is O=c1c2ccccc2nc(SCCS(=O)(=O)Oc2ccccc2)n1-c1ccc(F)cc1. The van der Waals surface area contributed by atoms with Gasteiger partial charge in [0, 0.05) is 5.75 Å². The zero-order chi connectivity index (χ0) is 21.8. The molecule has 4 aromatic rings. The number of fused-ring (bicyclic) bond motifs is 1. The number of rotatable bonds is 7. The molecular formula is C22H17FN2O4S2. The summed E-state index contributed by atoms with van der Waals surface area (Å²) in [6.07, 6.45) is 0. The Morgan fingerprint density at radius 1 is 0.935 bits per heavy atom. The van der Waals surface area contributed by atoms with Crippen molar-refractivity contribution in [3.63, 3.8) is 0 Å². The monoisotopic (exact) mass is 456 g/mol. The Kier molecular flexibility index (Phi) is 6.06. The van der Waals surface area contributed by atoms with Crippen molar-refractivity contribution in [2.24, 2.45) is 0 Å². The van der Waals surface area contributed by atoms with Crippen LogP contribution >= 0.6 is 11.8 Å². The number of nitrogens with zero attached hydrogens (tertiary/aromatic N) is 2. The van der Waals surface area contributed by atoms with Gasteiger partial charge in [0.15, 0.2) is 5.16 Å². The largest absolute Gasteiger partial charge is 0.382 e. The molecule has 1 aromatic heterocycles. The molecule has 9 heteroatoms. The third kappa shape index (κ3) is 4.95. The van der Waals surface area contributed by atoms with E-state index in [1.165, 1.54) is 28.8 Å². The smallest absolute Gasteiger partial charge is 0.310 e. The van der Waals surface area contributed by atoms with Crippen LogP contribution in [0, 0.1) is 5.82 Å².